The van der Waals surface area contributed by atoms with Crippen LogP contribution in [0.3, 0.4) is 0 Å². The van der Waals surface area contributed by atoms with E-state index < -0.39 is 15.8 Å². The molecule has 1 aromatic rings. The second-order valence-electron chi connectivity index (χ2n) is 7.99. The quantitative estimate of drug-likeness (QED) is 0.625. The van der Waals surface area contributed by atoms with Gasteiger partial charge in [0.15, 0.2) is 23.1 Å². The maximum atomic E-state index is 12.8. The highest BCUT2D eigenvalue weighted by Gasteiger charge is 2.39. The Morgan fingerprint density at radius 3 is 2.38 bits per heavy atom. The number of hydrogen-bond acceptors (Lipinski definition) is 6. The van der Waals surface area contributed by atoms with E-state index in [0.29, 0.717) is 12.2 Å². The molecule has 2 fully saturated rings. The first-order valence-corrected chi connectivity index (χ1v) is 11.9. The van der Waals surface area contributed by atoms with Gasteiger partial charge in [-0.1, -0.05) is 18.9 Å². The van der Waals surface area contributed by atoms with E-state index in [2.05, 4.69) is 0 Å². The summed E-state index contributed by atoms with van der Waals surface area (Å²) in [6, 6.07) is 5.25. The number of hydrogen-bond donors (Lipinski definition) is 0. The van der Waals surface area contributed by atoms with Gasteiger partial charge >= 0.3 is 5.97 Å². The van der Waals surface area contributed by atoms with E-state index in [-0.39, 0.29) is 42.7 Å². The zero-order valence-corrected chi connectivity index (χ0v) is 17.9. The van der Waals surface area contributed by atoms with Crippen molar-refractivity contribution < 1.29 is 27.5 Å². The summed E-state index contributed by atoms with van der Waals surface area (Å²) in [5.41, 5.74) is 2.19. The molecule has 0 radical (unpaired) electrons. The van der Waals surface area contributed by atoms with Crippen molar-refractivity contribution in [2.75, 3.05) is 24.7 Å². The number of ether oxygens (including phenoxy) is 2. The molecular weight excluding hydrogens is 394 g/mol. The summed E-state index contributed by atoms with van der Waals surface area (Å²) in [6.45, 7) is 3.28. The second-order valence-corrected chi connectivity index (χ2v) is 10.2. The second kappa shape index (κ2) is 9.15. The molecule has 0 aromatic heterocycles. The monoisotopic (exact) mass is 423 g/mol. The van der Waals surface area contributed by atoms with Gasteiger partial charge in [-0.25, -0.2) is 13.2 Å². The molecule has 1 aromatic carbocycles. The summed E-state index contributed by atoms with van der Waals surface area (Å²) in [7, 11) is -3.10. The lowest BCUT2D eigenvalue weighted by atomic mass is 10.1. The Hall–Kier alpha value is -2.09. The summed E-state index contributed by atoms with van der Waals surface area (Å²) in [6.07, 6.45) is 4.24. The molecule has 0 spiro atoms. The van der Waals surface area contributed by atoms with Gasteiger partial charge in [-0.15, -0.1) is 0 Å². The standard InChI is InChI=1S/C21H29NO6S/c1-15-7-8-19(11-16(15)2)27-13-21(24)28-12-20(23)22(17-5-3-4-6-17)18-9-10-29(25,26)14-18/h7-8,11,17-18H,3-6,9-10,12-14H2,1-2H3/t18-/m0/s1. The van der Waals surface area contributed by atoms with Crippen molar-refractivity contribution in [3.8, 4) is 5.75 Å². The first-order chi connectivity index (χ1) is 13.7. The first-order valence-electron chi connectivity index (χ1n) is 10.1. The number of rotatable bonds is 7. The Bertz CT molecular complexity index is 860. The van der Waals surface area contributed by atoms with Crippen LogP contribution in [0.2, 0.25) is 0 Å². The fraction of sp³-hybridized carbons (Fsp3) is 0.619. The molecule has 0 unspecified atom stereocenters. The predicted molar refractivity (Wildman–Crippen MR) is 109 cm³/mol. The molecule has 1 atom stereocenters. The number of carbonyl (C=O) groups is 2. The van der Waals surface area contributed by atoms with Crippen molar-refractivity contribution in [2.45, 2.75) is 58.0 Å². The highest BCUT2D eigenvalue weighted by atomic mass is 32.2. The molecule has 7 nitrogen and oxygen atoms in total. The number of sulfone groups is 1. The maximum Gasteiger partial charge on any atom is 0.344 e. The van der Waals surface area contributed by atoms with E-state index in [1.165, 1.54) is 0 Å². The third-order valence-corrected chi connectivity index (χ3v) is 7.55. The smallest absolute Gasteiger partial charge is 0.344 e. The third-order valence-electron chi connectivity index (χ3n) is 5.80. The van der Waals surface area contributed by atoms with Gasteiger partial charge in [0.1, 0.15) is 5.75 Å². The molecule has 1 amide bonds. The van der Waals surface area contributed by atoms with Crippen LogP contribution in [-0.2, 0) is 24.2 Å². The Labute approximate surface area is 172 Å². The van der Waals surface area contributed by atoms with Gasteiger partial charge in [-0.05, 0) is 56.4 Å². The summed E-state index contributed by atoms with van der Waals surface area (Å²) >= 11 is 0. The lowest BCUT2D eigenvalue weighted by Crippen LogP contribution is -2.48. The van der Waals surface area contributed by atoms with Crippen LogP contribution in [0.25, 0.3) is 0 Å². The molecule has 1 aliphatic carbocycles. The average Bonchev–Trinajstić information content (AvgIpc) is 3.31. The molecule has 8 heteroatoms. The van der Waals surface area contributed by atoms with Gasteiger partial charge in [0.2, 0.25) is 0 Å². The van der Waals surface area contributed by atoms with Gasteiger partial charge in [-0.3, -0.25) is 4.79 Å². The molecule has 1 saturated heterocycles. The highest BCUT2D eigenvalue weighted by molar-refractivity contribution is 7.91. The first kappa shape index (κ1) is 21.6. The summed E-state index contributed by atoms with van der Waals surface area (Å²) < 4.78 is 34.3. The van der Waals surface area contributed by atoms with E-state index in [1.54, 1.807) is 11.0 Å². The Morgan fingerprint density at radius 2 is 1.76 bits per heavy atom. The van der Waals surface area contributed by atoms with Crippen LogP contribution in [-0.4, -0.2) is 62.0 Å². The van der Waals surface area contributed by atoms with Gasteiger partial charge in [0.25, 0.3) is 5.91 Å². The lowest BCUT2D eigenvalue weighted by molar-refractivity contribution is -0.155. The molecule has 1 aliphatic heterocycles. The Kier molecular flexibility index (Phi) is 6.82. The van der Waals surface area contributed by atoms with Crippen LogP contribution >= 0.6 is 0 Å². The van der Waals surface area contributed by atoms with Crippen LogP contribution in [0.5, 0.6) is 5.75 Å². The molecule has 0 bridgehead atoms. The predicted octanol–water partition coefficient (Wildman–Crippen LogP) is 2.18. The summed E-state index contributed by atoms with van der Waals surface area (Å²) in [5, 5.41) is 0. The molecule has 1 saturated carbocycles. The normalized spacial score (nSPS) is 21.1. The van der Waals surface area contributed by atoms with Gasteiger partial charge in [0.05, 0.1) is 11.5 Å². The van der Waals surface area contributed by atoms with Crippen LogP contribution in [0.15, 0.2) is 18.2 Å². The number of esters is 1. The zero-order chi connectivity index (χ0) is 21.0. The molecule has 0 N–H and O–H groups in total. The van der Waals surface area contributed by atoms with Crippen molar-refractivity contribution in [3.63, 3.8) is 0 Å². The average molecular weight is 424 g/mol. The topological polar surface area (TPSA) is 90.0 Å². The summed E-state index contributed by atoms with van der Waals surface area (Å²) in [5.74, 6) is -0.266. The Balaban J connectivity index is 1.53. The molecule has 3 rings (SSSR count). The molecule has 2 aliphatic rings. The SMILES string of the molecule is Cc1ccc(OCC(=O)OCC(=O)N(C2CCCC2)[C@H]2CCS(=O)(=O)C2)cc1C. The third kappa shape index (κ3) is 5.72. The van der Waals surface area contributed by atoms with E-state index in [0.717, 1.165) is 36.8 Å². The minimum atomic E-state index is -3.10. The Morgan fingerprint density at radius 1 is 1.03 bits per heavy atom. The van der Waals surface area contributed by atoms with Crippen molar-refractivity contribution in [2.24, 2.45) is 0 Å². The maximum absolute atomic E-state index is 12.8. The van der Waals surface area contributed by atoms with Crippen LogP contribution in [0.1, 0.15) is 43.2 Å². The van der Waals surface area contributed by atoms with E-state index in [1.807, 2.05) is 26.0 Å². The number of aryl methyl sites for hydroxylation is 2. The number of carbonyl (C=O) groups excluding carboxylic acids is 2. The van der Waals surface area contributed by atoms with Crippen LogP contribution in [0, 0.1) is 13.8 Å². The number of nitrogens with zero attached hydrogens (tertiary/aromatic N) is 1. The minimum absolute atomic E-state index is 0.000920. The van der Waals surface area contributed by atoms with E-state index >= 15 is 0 Å². The largest absolute Gasteiger partial charge is 0.482 e. The van der Waals surface area contributed by atoms with Crippen LogP contribution < -0.4 is 4.74 Å². The highest BCUT2D eigenvalue weighted by Crippen LogP contribution is 2.29. The summed E-state index contributed by atoms with van der Waals surface area (Å²) in [4.78, 5) is 26.5. The van der Waals surface area contributed by atoms with Gasteiger partial charge < -0.3 is 14.4 Å². The molecule has 160 valence electrons. The fourth-order valence-electron chi connectivity index (χ4n) is 4.09. The van der Waals surface area contributed by atoms with E-state index in [9.17, 15) is 18.0 Å². The van der Waals surface area contributed by atoms with Crippen LogP contribution in [0.4, 0.5) is 0 Å². The fourth-order valence-corrected chi connectivity index (χ4v) is 5.80. The van der Waals surface area contributed by atoms with Crippen molar-refractivity contribution in [3.05, 3.63) is 29.3 Å². The number of benzene rings is 1. The minimum Gasteiger partial charge on any atom is -0.482 e. The zero-order valence-electron chi connectivity index (χ0n) is 17.1. The van der Waals surface area contributed by atoms with Crippen molar-refractivity contribution >= 4 is 21.7 Å². The molecule has 29 heavy (non-hydrogen) atoms. The van der Waals surface area contributed by atoms with Gasteiger partial charge in [0, 0.05) is 12.1 Å². The number of amides is 1. The van der Waals surface area contributed by atoms with Gasteiger partial charge in [-0.2, -0.15) is 0 Å². The van der Waals surface area contributed by atoms with E-state index in [4.69, 9.17) is 9.47 Å². The molecule has 1 heterocycles. The molecular formula is C21H29NO6S. The van der Waals surface area contributed by atoms with Crippen molar-refractivity contribution in [1.82, 2.24) is 4.90 Å². The lowest BCUT2D eigenvalue weighted by Gasteiger charge is -2.33. The van der Waals surface area contributed by atoms with Crippen molar-refractivity contribution in [1.29, 1.82) is 0 Å².